The molecular weight excluding hydrogens is 459 g/mol. The van der Waals surface area contributed by atoms with Gasteiger partial charge in [-0.3, -0.25) is 0 Å². The largest absolute Gasteiger partial charge is 0.395 e. The topological polar surface area (TPSA) is 70.3 Å². The van der Waals surface area contributed by atoms with E-state index in [1.54, 1.807) is 6.07 Å². The van der Waals surface area contributed by atoms with Crippen molar-refractivity contribution in [1.29, 1.82) is 0 Å². The van der Waals surface area contributed by atoms with Crippen LogP contribution >= 0.6 is 23.2 Å². The summed E-state index contributed by atoms with van der Waals surface area (Å²) < 4.78 is 1.92. The number of anilines is 1. The van der Waals surface area contributed by atoms with Crippen molar-refractivity contribution in [3.63, 3.8) is 0 Å². The summed E-state index contributed by atoms with van der Waals surface area (Å²) in [5.41, 5.74) is 3.40. The SMILES string of the molecule is Cc1nn(C(C)c2ccc(Cl)cc2Cl)c2nc(N3CC([C@H]4CCCN(CCO)C4)C3)cnc12. The highest BCUT2D eigenvalue weighted by molar-refractivity contribution is 6.35. The van der Waals surface area contributed by atoms with Crippen LogP contribution in [0.15, 0.2) is 24.4 Å². The van der Waals surface area contributed by atoms with Crippen LogP contribution in [0, 0.1) is 18.8 Å². The van der Waals surface area contributed by atoms with Gasteiger partial charge in [0.1, 0.15) is 11.3 Å². The maximum Gasteiger partial charge on any atom is 0.179 e. The second kappa shape index (κ2) is 9.37. The highest BCUT2D eigenvalue weighted by Gasteiger charge is 2.36. The van der Waals surface area contributed by atoms with E-state index in [0.717, 1.165) is 61.0 Å². The van der Waals surface area contributed by atoms with Crippen LogP contribution in [0.3, 0.4) is 0 Å². The minimum atomic E-state index is -0.0978. The highest BCUT2D eigenvalue weighted by atomic mass is 35.5. The Bertz CT molecular complexity index is 1140. The third kappa shape index (κ3) is 4.44. The summed E-state index contributed by atoms with van der Waals surface area (Å²) in [4.78, 5) is 14.4. The van der Waals surface area contributed by atoms with Gasteiger partial charge < -0.3 is 14.9 Å². The molecule has 33 heavy (non-hydrogen) atoms. The maximum absolute atomic E-state index is 9.27. The predicted octanol–water partition coefficient (Wildman–Crippen LogP) is 4.19. The molecule has 1 aromatic carbocycles. The van der Waals surface area contributed by atoms with Gasteiger partial charge in [-0.2, -0.15) is 5.10 Å². The molecule has 0 amide bonds. The predicted molar refractivity (Wildman–Crippen MR) is 132 cm³/mol. The van der Waals surface area contributed by atoms with Crippen molar-refractivity contribution in [1.82, 2.24) is 24.6 Å². The molecule has 0 spiro atoms. The Morgan fingerprint density at radius 1 is 1.18 bits per heavy atom. The number of halogens is 2. The lowest BCUT2D eigenvalue weighted by Crippen LogP contribution is -2.54. The molecule has 2 aliphatic rings. The number of β-amino-alcohol motifs (C(OH)–C–C–N with tert-alkyl or cyclic N) is 1. The number of hydrogen-bond acceptors (Lipinski definition) is 6. The molecule has 0 bridgehead atoms. The smallest absolute Gasteiger partial charge is 0.179 e. The zero-order chi connectivity index (χ0) is 23.1. The first-order valence-corrected chi connectivity index (χ1v) is 12.4. The quantitative estimate of drug-likeness (QED) is 0.560. The Hall–Kier alpha value is -1.93. The number of nitrogens with zero attached hydrogens (tertiary/aromatic N) is 6. The van der Waals surface area contributed by atoms with Crippen molar-refractivity contribution in [2.75, 3.05) is 44.2 Å². The van der Waals surface area contributed by atoms with Gasteiger partial charge in [0.15, 0.2) is 5.65 Å². The molecule has 2 atom stereocenters. The van der Waals surface area contributed by atoms with Crippen molar-refractivity contribution in [3.8, 4) is 0 Å². The fourth-order valence-corrected chi connectivity index (χ4v) is 5.82. The molecule has 7 nitrogen and oxygen atoms in total. The van der Waals surface area contributed by atoms with Crippen molar-refractivity contribution in [2.45, 2.75) is 32.7 Å². The van der Waals surface area contributed by atoms with Crippen LogP contribution in [-0.4, -0.2) is 69.1 Å². The minimum Gasteiger partial charge on any atom is -0.395 e. The molecule has 176 valence electrons. The molecule has 2 saturated heterocycles. The number of likely N-dealkylation sites (tertiary alicyclic amines) is 1. The Kier molecular flexibility index (Phi) is 6.49. The number of aromatic nitrogens is 4. The number of fused-ring (bicyclic) bond motifs is 1. The molecule has 2 fully saturated rings. The average Bonchev–Trinajstić information content (AvgIpc) is 3.09. The molecule has 1 N–H and O–H groups in total. The standard InChI is InChI=1S/C24H30Cl2N6O/c1-15-23-24(32(29-15)16(2)20-6-5-19(25)10-21(20)26)28-22(11-27-23)31-13-18(14-31)17-4-3-7-30(12-17)8-9-33/h5-6,10-11,16-18,33H,3-4,7-9,12-14H2,1-2H3/t16?,17-/m0/s1. The van der Waals surface area contributed by atoms with E-state index in [2.05, 4.69) is 16.7 Å². The van der Waals surface area contributed by atoms with E-state index < -0.39 is 0 Å². The van der Waals surface area contributed by atoms with Gasteiger partial charge in [0.2, 0.25) is 0 Å². The van der Waals surface area contributed by atoms with Crippen LogP contribution in [0.5, 0.6) is 0 Å². The first-order chi connectivity index (χ1) is 15.9. The monoisotopic (exact) mass is 488 g/mol. The van der Waals surface area contributed by atoms with Crippen LogP contribution in [-0.2, 0) is 0 Å². The fraction of sp³-hybridized carbons (Fsp3) is 0.542. The maximum atomic E-state index is 9.27. The molecular formula is C24H30Cl2N6O. The third-order valence-electron chi connectivity index (χ3n) is 7.20. The minimum absolute atomic E-state index is 0.0978. The number of aryl methyl sites for hydroxylation is 1. The molecule has 9 heteroatoms. The van der Waals surface area contributed by atoms with E-state index in [1.807, 2.05) is 29.9 Å². The van der Waals surface area contributed by atoms with Crippen molar-refractivity contribution >= 4 is 40.2 Å². The summed E-state index contributed by atoms with van der Waals surface area (Å²) in [5.74, 6) is 2.26. The van der Waals surface area contributed by atoms with Gasteiger partial charge in [0.05, 0.1) is 24.5 Å². The second-order valence-electron chi connectivity index (χ2n) is 9.36. The number of benzene rings is 1. The highest BCUT2D eigenvalue weighted by Crippen LogP contribution is 2.35. The first-order valence-electron chi connectivity index (χ1n) is 11.7. The lowest BCUT2D eigenvalue weighted by molar-refractivity contribution is 0.101. The van der Waals surface area contributed by atoms with E-state index in [0.29, 0.717) is 21.9 Å². The molecule has 0 aliphatic carbocycles. The van der Waals surface area contributed by atoms with Crippen molar-refractivity contribution < 1.29 is 5.11 Å². The summed E-state index contributed by atoms with van der Waals surface area (Å²) in [6.07, 6.45) is 4.36. The number of piperidine rings is 1. The summed E-state index contributed by atoms with van der Waals surface area (Å²) in [6.45, 7) is 9.26. The molecule has 1 unspecified atom stereocenters. The van der Waals surface area contributed by atoms with Gasteiger partial charge in [0.25, 0.3) is 0 Å². The van der Waals surface area contributed by atoms with Crippen LogP contribution in [0.1, 0.15) is 37.1 Å². The average molecular weight is 489 g/mol. The second-order valence-corrected chi connectivity index (χ2v) is 10.2. The van der Waals surface area contributed by atoms with Gasteiger partial charge in [-0.15, -0.1) is 0 Å². The van der Waals surface area contributed by atoms with Crippen molar-refractivity contribution in [3.05, 3.63) is 45.7 Å². The summed E-state index contributed by atoms with van der Waals surface area (Å²) in [7, 11) is 0. The van der Waals surface area contributed by atoms with Gasteiger partial charge in [-0.25, -0.2) is 14.6 Å². The molecule has 0 radical (unpaired) electrons. The van der Waals surface area contributed by atoms with Crippen LogP contribution in [0.4, 0.5) is 5.82 Å². The van der Waals surface area contributed by atoms with Gasteiger partial charge in [-0.1, -0.05) is 29.3 Å². The zero-order valence-electron chi connectivity index (χ0n) is 19.1. The lowest BCUT2D eigenvalue weighted by Gasteiger charge is -2.47. The molecule has 4 heterocycles. The lowest BCUT2D eigenvalue weighted by atomic mass is 9.80. The molecule has 2 aliphatic heterocycles. The number of hydrogen-bond donors (Lipinski definition) is 1. The summed E-state index contributed by atoms with van der Waals surface area (Å²) >= 11 is 12.6. The first kappa shape index (κ1) is 22.8. The number of rotatable bonds is 6. The van der Waals surface area contributed by atoms with E-state index in [-0.39, 0.29) is 12.6 Å². The van der Waals surface area contributed by atoms with E-state index >= 15 is 0 Å². The van der Waals surface area contributed by atoms with Gasteiger partial charge >= 0.3 is 0 Å². The van der Waals surface area contributed by atoms with Crippen molar-refractivity contribution in [2.24, 2.45) is 11.8 Å². The van der Waals surface area contributed by atoms with Gasteiger partial charge in [0, 0.05) is 36.2 Å². The van der Waals surface area contributed by atoms with Gasteiger partial charge in [-0.05, 0) is 62.8 Å². The summed E-state index contributed by atoms with van der Waals surface area (Å²) in [6, 6.07) is 5.46. The van der Waals surface area contributed by atoms with E-state index in [4.69, 9.17) is 38.3 Å². The summed E-state index contributed by atoms with van der Waals surface area (Å²) in [5, 5.41) is 15.2. The van der Waals surface area contributed by atoms with Crippen LogP contribution in [0.2, 0.25) is 10.0 Å². The number of aliphatic hydroxyl groups excluding tert-OH is 1. The third-order valence-corrected chi connectivity index (χ3v) is 7.76. The fourth-order valence-electron chi connectivity index (χ4n) is 5.25. The zero-order valence-corrected chi connectivity index (χ0v) is 20.6. The molecule has 5 rings (SSSR count). The Labute approximate surface area is 204 Å². The van der Waals surface area contributed by atoms with Crippen LogP contribution in [0.25, 0.3) is 11.2 Å². The number of aliphatic hydroxyl groups is 1. The Morgan fingerprint density at radius 2 is 2.00 bits per heavy atom. The normalized spacial score (nSPS) is 20.9. The Balaban J connectivity index is 1.35. The molecule has 2 aromatic heterocycles. The van der Waals surface area contributed by atoms with E-state index in [9.17, 15) is 5.11 Å². The van der Waals surface area contributed by atoms with Crippen LogP contribution < -0.4 is 4.90 Å². The molecule has 3 aromatic rings. The molecule has 0 saturated carbocycles. The Morgan fingerprint density at radius 3 is 2.76 bits per heavy atom. The van der Waals surface area contributed by atoms with E-state index in [1.165, 1.54) is 12.8 Å².